The van der Waals surface area contributed by atoms with Crippen molar-refractivity contribution >= 4 is 38.1 Å². The van der Waals surface area contributed by atoms with E-state index in [4.69, 9.17) is 14.2 Å². The third-order valence-electron chi connectivity index (χ3n) is 6.55. The van der Waals surface area contributed by atoms with Gasteiger partial charge in [-0.15, -0.1) is 0 Å². The number of sulfonamides is 1. The largest absolute Gasteiger partial charge is 0.497 e. The van der Waals surface area contributed by atoms with Crippen LogP contribution >= 0.6 is 0 Å². The van der Waals surface area contributed by atoms with Crippen LogP contribution in [0.5, 0.6) is 11.5 Å². The average molecular weight is 604 g/mol. The number of nitrogens with one attached hydrogen (secondary N) is 1. The lowest BCUT2D eigenvalue weighted by Gasteiger charge is -2.25. The Hall–Kier alpha value is -4.41. The van der Waals surface area contributed by atoms with E-state index in [0.29, 0.717) is 33.5 Å². The molecule has 1 heterocycles. The summed E-state index contributed by atoms with van der Waals surface area (Å²) in [5.74, 6) is 1.33. The number of hydrogen-bond donors (Lipinski definition) is 1. The van der Waals surface area contributed by atoms with E-state index in [0.717, 1.165) is 11.1 Å². The second-order valence-corrected chi connectivity index (χ2v) is 13.0. The summed E-state index contributed by atoms with van der Waals surface area (Å²) < 4.78 is 46.7. The summed E-state index contributed by atoms with van der Waals surface area (Å²) in [6, 6.07) is 19.3. The van der Waals surface area contributed by atoms with Crippen molar-refractivity contribution in [1.82, 2.24) is 9.29 Å². The zero-order valence-electron chi connectivity index (χ0n) is 25.3. The van der Waals surface area contributed by atoms with Crippen molar-refractivity contribution in [3.63, 3.8) is 0 Å². The highest BCUT2D eigenvalue weighted by Crippen LogP contribution is 2.34. The zero-order valence-corrected chi connectivity index (χ0v) is 26.1. The number of pyridine rings is 1. The minimum Gasteiger partial charge on any atom is -0.497 e. The van der Waals surface area contributed by atoms with Gasteiger partial charge in [-0.05, 0) is 86.9 Å². The molecule has 0 spiro atoms. The highest BCUT2D eigenvalue weighted by Gasteiger charge is 2.29. The Morgan fingerprint density at radius 2 is 1.42 bits per heavy atom. The SMILES string of the molecule is C=C(C)c1nccc2c(S(=O)(=O)N(Cc3ccc(OC)cc3)Cc3ccc(OC)cc3)cc(NC(=O)OC(C)(C)C)cc12. The Morgan fingerprint density at radius 3 is 1.88 bits per heavy atom. The number of carbonyl (C=O) groups is 1. The van der Waals surface area contributed by atoms with E-state index in [9.17, 15) is 13.2 Å². The molecule has 0 radical (unpaired) electrons. The smallest absolute Gasteiger partial charge is 0.412 e. The molecule has 0 bridgehead atoms. The second-order valence-electron chi connectivity index (χ2n) is 11.1. The molecule has 43 heavy (non-hydrogen) atoms. The molecule has 1 amide bonds. The number of benzene rings is 3. The lowest BCUT2D eigenvalue weighted by atomic mass is 10.1. The number of rotatable bonds is 10. The Bertz CT molecular complexity index is 1680. The fourth-order valence-electron chi connectivity index (χ4n) is 4.53. The molecule has 0 aliphatic rings. The van der Waals surface area contributed by atoms with E-state index in [2.05, 4.69) is 16.9 Å². The van der Waals surface area contributed by atoms with Crippen molar-refractivity contribution in [2.45, 2.75) is 51.3 Å². The Balaban J connectivity index is 1.87. The highest BCUT2D eigenvalue weighted by molar-refractivity contribution is 7.89. The van der Waals surface area contributed by atoms with Gasteiger partial charge in [0, 0.05) is 35.7 Å². The molecule has 0 unspecified atom stereocenters. The fourth-order valence-corrected chi connectivity index (χ4v) is 6.18. The number of allylic oxidation sites excluding steroid dienone is 1. The number of amides is 1. The summed E-state index contributed by atoms with van der Waals surface area (Å²) >= 11 is 0. The molecule has 1 N–H and O–H groups in total. The van der Waals surface area contributed by atoms with Gasteiger partial charge in [-0.3, -0.25) is 10.3 Å². The fraction of sp³-hybridized carbons (Fsp3) is 0.273. The van der Waals surface area contributed by atoms with Gasteiger partial charge >= 0.3 is 6.09 Å². The van der Waals surface area contributed by atoms with Crippen LogP contribution in [0.15, 0.2) is 84.4 Å². The van der Waals surface area contributed by atoms with Gasteiger partial charge in [0.15, 0.2) is 0 Å². The van der Waals surface area contributed by atoms with Gasteiger partial charge in [0.05, 0.1) is 24.8 Å². The number of aromatic nitrogens is 1. The van der Waals surface area contributed by atoms with Gasteiger partial charge in [0.2, 0.25) is 10.0 Å². The molecule has 4 aromatic rings. The first-order valence-corrected chi connectivity index (χ1v) is 15.1. The van der Waals surface area contributed by atoms with Crippen LogP contribution in [0.1, 0.15) is 44.5 Å². The van der Waals surface area contributed by atoms with Crippen LogP contribution in [0.2, 0.25) is 0 Å². The average Bonchev–Trinajstić information content (AvgIpc) is 2.95. The van der Waals surface area contributed by atoms with Crippen LogP contribution in [-0.4, -0.2) is 43.6 Å². The molecular weight excluding hydrogens is 566 g/mol. The molecule has 4 rings (SSSR count). The Labute approximate surface area is 253 Å². The molecule has 3 aromatic carbocycles. The first-order valence-electron chi connectivity index (χ1n) is 13.7. The van der Waals surface area contributed by atoms with Crippen LogP contribution in [0.25, 0.3) is 16.3 Å². The molecule has 0 saturated carbocycles. The molecule has 9 nitrogen and oxygen atoms in total. The van der Waals surface area contributed by atoms with Crippen molar-refractivity contribution in [2.24, 2.45) is 0 Å². The third kappa shape index (κ3) is 7.71. The molecule has 226 valence electrons. The number of hydrogen-bond acceptors (Lipinski definition) is 7. The van der Waals surface area contributed by atoms with E-state index in [-0.39, 0.29) is 23.7 Å². The topological polar surface area (TPSA) is 107 Å². The molecule has 0 atom stereocenters. The van der Waals surface area contributed by atoms with Gasteiger partial charge in [-0.25, -0.2) is 13.2 Å². The van der Waals surface area contributed by atoms with E-state index in [1.807, 2.05) is 24.3 Å². The lowest BCUT2D eigenvalue weighted by molar-refractivity contribution is 0.0636. The maximum atomic E-state index is 14.6. The van der Waals surface area contributed by atoms with Gasteiger partial charge in [-0.1, -0.05) is 30.8 Å². The number of fused-ring (bicyclic) bond motifs is 1. The monoisotopic (exact) mass is 603 g/mol. The molecule has 0 fully saturated rings. The molecule has 0 saturated heterocycles. The summed E-state index contributed by atoms with van der Waals surface area (Å²) in [6.45, 7) is 11.2. The summed E-state index contributed by atoms with van der Waals surface area (Å²) in [4.78, 5) is 17.2. The van der Waals surface area contributed by atoms with Crippen molar-refractivity contribution in [2.75, 3.05) is 19.5 Å². The number of ether oxygens (including phenoxy) is 3. The molecule has 1 aromatic heterocycles. The van der Waals surface area contributed by atoms with Crippen molar-refractivity contribution < 1.29 is 27.4 Å². The zero-order chi connectivity index (χ0) is 31.4. The number of nitrogens with zero attached hydrogens (tertiary/aromatic N) is 2. The molecule has 0 aliphatic carbocycles. The van der Waals surface area contributed by atoms with Gasteiger partial charge in [-0.2, -0.15) is 4.31 Å². The van der Waals surface area contributed by atoms with Crippen LogP contribution < -0.4 is 14.8 Å². The van der Waals surface area contributed by atoms with Crippen LogP contribution in [0.3, 0.4) is 0 Å². The van der Waals surface area contributed by atoms with E-state index >= 15 is 0 Å². The number of anilines is 1. The standard InChI is InChI=1S/C33H37N3O6S/c1-22(2)31-29-18-25(35-32(37)42-33(3,4)5)19-30(28(29)16-17-34-31)43(38,39)36(20-23-8-12-26(40-6)13-9-23)21-24-10-14-27(41-7)15-11-24/h8-19H,1,20-21H2,2-7H3,(H,35,37). The number of methoxy groups -OCH3 is 2. The predicted molar refractivity (Wildman–Crippen MR) is 169 cm³/mol. The van der Waals surface area contributed by atoms with Gasteiger partial charge in [0.1, 0.15) is 17.1 Å². The van der Waals surface area contributed by atoms with E-state index < -0.39 is 21.7 Å². The van der Waals surface area contributed by atoms with E-state index in [1.54, 1.807) is 84.5 Å². The van der Waals surface area contributed by atoms with Crippen molar-refractivity contribution in [1.29, 1.82) is 0 Å². The summed E-state index contributed by atoms with van der Waals surface area (Å²) in [6.07, 6.45) is 0.855. The van der Waals surface area contributed by atoms with Crippen LogP contribution in [0, 0.1) is 0 Å². The van der Waals surface area contributed by atoms with Crippen LogP contribution in [-0.2, 0) is 27.8 Å². The van der Waals surface area contributed by atoms with Gasteiger partial charge < -0.3 is 14.2 Å². The Kier molecular flexibility index (Phi) is 9.42. The predicted octanol–water partition coefficient (Wildman–Crippen LogP) is 7.02. The van der Waals surface area contributed by atoms with E-state index in [1.165, 1.54) is 10.4 Å². The Morgan fingerprint density at radius 1 is 0.884 bits per heavy atom. The van der Waals surface area contributed by atoms with Crippen molar-refractivity contribution in [3.05, 3.63) is 96.3 Å². The first-order chi connectivity index (χ1) is 20.3. The maximum absolute atomic E-state index is 14.6. The summed E-state index contributed by atoms with van der Waals surface area (Å²) in [5.41, 5.74) is 2.23. The highest BCUT2D eigenvalue weighted by atomic mass is 32.2. The summed E-state index contributed by atoms with van der Waals surface area (Å²) in [7, 11) is -1.02. The molecule has 10 heteroatoms. The van der Waals surface area contributed by atoms with Crippen molar-refractivity contribution in [3.8, 4) is 11.5 Å². The quantitative estimate of drug-likeness (QED) is 0.208. The maximum Gasteiger partial charge on any atom is 0.412 e. The minimum atomic E-state index is -4.17. The molecular formula is C33H37N3O6S. The summed E-state index contributed by atoms with van der Waals surface area (Å²) in [5, 5.41) is 3.70. The molecule has 0 aliphatic heterocycles. The van der Waals surface area contributed by atoms with Crippen LogP contribution in [0.4, 0.5) is 10.5 Å². The lowest BCUT2D eigenvalue weighted by Crippen LogP contribution is -2.31. The number of carbonyl (C=O) groups excluding carboxylic acids is 1. The first kappa shape index (κ1) is 31.5. The minimum absolute atomic E-state index is 0.0167. The van der Waals surface area contributed by atoms with Gasteiger partial charge in [0.25, 0.3) is 0 Å². The normalized spacial score (nSPS) is 11.8. The third-order valence-corrected chi connectivity index (χ3v) is 8.38. The second kappa shape index (κ2) is 12.8.